The fraction of sp³-hybridized carbons (Fsp3) is 0.400. The van der Waals surface area contributed by atoms with Crippen molar-refractivity contribution in [2.45, 2.75) is 38.5 Å². The van der Waals surface area contributed by atoms with Crippen LogP contribution in [0.1, 0.15) is 42.1 Å². The number of nitrogens with zero attached hydrogens (tertiary/aromatic N) is 5. The highest BCUT2D eigenvalue weighted by molar-refractivity contribution is 7.15. The summed E-state index contributed by atoms with van der Waals surface area (Å²) < 4.78 is 0. The summed E-state index contributed by atoms with van der Waals surface area (Å²) in [6, 6.07) is 9.25. The van der Waals surface area contributed by atoms with Crippen LogP contribution in [0.3, 0.4) is 0 Å². The summed E-state index contributed by atoms with van der Waals surface area (Å²) in [6.07, 6.45) is 4.99. The molecule has 0 unspecified atom stereocenters. The monoisotopic (exact) mass is 409 g/mol. The lowest BCUT2D eigenvalue weighted by Gasteiger charge is -2.33. The molecule has 0 spiro atoms. The molecule has 3 aromatic rings. The minimum Gasteiger partial charge on any atom is -0.360 e. The number of aromatic nitrogens is 5. The predicted octanol–water partition coefficient (Wildman–Crippen LogP) is 3.07. The number of anilines is 2. The molecule has 29 heavy (non-hydrogen) atoms. The maximum Gasteiger partial charge on any atom is 0.231 e. The molecule has 0 aliphatic heterocycles. The van der Waals surface area contributed by atoms with E-state index in [9.17, 15) is 4.79 Å². The van der Waals surface area contributed by atoms with Gasteiger partial charge in [-0.2, -0.15) is 5.10 Å². The van der Waals surface area contributed by atoms with Crippen LogP contribution in [0.15, 0.2) is 36.5 Å². The third-order valence-electron chi connectivity index (χ3n) is 4.91. The van der Waals surface area contributed by atoms with E-state index in [1.54, 1.807) is 17.5 Å². The van der Waals surface area contributed by atoms with Crippen LogP contribution in [0.2, 0.25) is 0 Å². The van der Waals surface area contributed by atoms with Crippen molar-refractivity contribution in [2.24, 2.45) is 5.92 Å². The molecule has 0 atom stereocenters. The van der Waals surface area contributed by atoms with E-state index in [0.29, 0.717) is 17.7 Å². The first kappa shape index (κ1) is 19.4. The fourth-order valence-electron chi connectivity index (χ4n) is 3.41. The van der Waals surface area contributed by atoms with Gasteiger partial charge >= 0.3 is 0 Å². The van der Waals surface area contributed by atoms with Crippen LogP contribution in [0, 0.1) is 5.92 Å². The highest BCUT2D eigenvalue weighted by Crippen LogP contribution is 2.44. The average Bonchev–Trinajstić information content (AvgIpc) is 3.14. The van der Waals surface area contributed by atoms with Gasteiger partial charge in [-0.25, -0.2) is 0 Å². The molecule has 3 aromatic heterocycles. The molecule has 0 radical (unpaired) electrons. The van der Waals surface area contributed by atoms with Crippen LogP contribution in [-0.4, -0.2) is 37.8 Å². The van der Waals surface area contributed by atoms with Crippen molar-refractivity contribution in [1.82, 2.24) is 25.4 Å². The van der Waals surface area contributed by atoms with Gasteiger partial charge in [0.25, 0.3) is 0 Å². The topological polar surface area (TPSA) is 106 Å². The van der Waals surface area contributed by atoms with Crippen molar-refractivity contribution in [1.29, 1.82) is 0 Å². The van der Waals surface area contributed by atoms with Crippen LogP contribution < -0.4 is 10.6 Å². The second-order valence-corrected chi connectivity index (χ2v) is 8.18. The number of carbonyl (C=O) groups is 1. The fourth-order valence-corrected chi connectivity index (χ4v) is 4.35. The third-order valence-corrected chi connectivity index (χ3v) is 5.95. The van der Waals surface area contributed by atoms with Crippen molar-refractivity contribution in [3.05, 3.63) is 52.9 Å². The lowest BCUT2D eigenvalue weighted by molar-refractivity contribution is -0.115. The first-order chi connectivity index (χ1) is 14.2. The van der Waals surface area contributed by atoms with Crippen LogP contribution in [0.5, 0.6) is 0 Å². The Bertz CT molecular complexity index is 939. The zero-order valence-electron chi connectivity index (χ0n) is 16.2. The van der Waals surface area contributed by atoms with Gasteiger partial charge in [0.2, 0.25) is 11.0 Å². The van der Waals surface area contributed by atoms with E-state index in [1.807, 2.05) is 30.3 Å². The molecule has 0 saturated heterocycles. The van der Waals surface area contributed by atoms with Crippen LogP contribution in [0.4, 0.5) is 10.9 Å². The zero-order valence-corrected chi connectivity index (χ0v) is 17.0. The molecule has 9 heteroatoms. The van der Waals surface area contributed by atoms with Gasteiger partial charge in [0.05, 0.1) is 12.1 Å². The lowest BCUT2D eigenvalue weighted by Crippen LogP contribution is -2.24. The Hall–Kier alpha value is -2.94. The lowest BCUT2D eigenvalue weighted by atomic mass is 9.73. The molecule has 1 amide bonds. The summed E-state index contributed by atoms with van der Waals surface area (Å²) in [7, 11) is 0. The molecule has 1 aliphatic carbocycles. The van der Waals surface area contributed by atoms with E-state index in [4.69, 9.17) is 0 Å². The Morgan fingerprint density at radius 2 is 2.00 bits per heavy atom. The number of carbonyl (C=O) groups excluding carboxylic acids is 1. The highest BCUT2D eigenvalue weighted by Gasteiger charge is 2.33. The second-order valence-electron chi connectivity index (χ2n) is 7.17. The van der Waals surface area contributed by atoms with Crippen molar-refractivity contribution < 1.29 is 4.79 Å². The molecule has 1 aliphatic rings. The molecule has 0 bridgehead atoms. The summed E-state index contributed by atoms with van der Waals surface area (Å²) in [4.78, 5) is 16.2. The standard InChI is InChI=1S/C20H23N7OS/c1-2-21-20-27-26-19(29-20)14-9-13(10-14)11-16-6-7-17(25-24-16)23-18(28)12-15-5-3-4-8-22-15/h3-8,13-14H,2,9-12H2,1H3,(H,21,27)(H,23,25,28). The minimum absolute atomic E-state index is 0.151. The highest BCUT2D eigenvalue weighted by atomic mass is 32.1. The molecule has 1 saturated carbocycles. The molecule has 3 heterocycles. The number of nitrogens with one attached hydrogen (secondary N) is 2. The van der Waals surface area contributed by atoms with Crippen molar-refractivity contribution in [3.63, 3.8) is 0 Å². The number of hydrogen-bond acceptors (Lipinski definition) is 8. The molecular formula is C20H23N7OS. The van der Waals surface area contributed by atoms with Gasteiger partial charge in [0, 0.05) is 24.4 Å². The largest absolute Gasteiger partial charge is 0.360 e. The van der Waals surface area contributed by atoms with Gasteiger partial charge in [0.15, 0.2) is 5.82 Å². The summed E-state index contributed by atoms with van der Waals surface area (Å²) in [6.45, 7) is 2.92. The smallest absolute Gasteiger partial charge is 0.231 e. The Morgan fingerprint density at radius 1 is 1.10 bits per heavy atom. The van der Waals surface area contributed by atoms with Gasteiger partial charge in [0.1, 0.15) is 5.01 Å². The zero-order chi connectivity index (χ0) is 20.1. The summed E-state index contributed by atoms with van der Waals surface area (Å²) in [5, 5.41) is 24.9. The van der Waals surface area contributed by atoms with E-state index >= 15 is 0 Å². The number of pyridine rings is 1. The normalized spacial score (nSPS) is 18.1. The molecule has 8 nitrogen and oxygen atoms in total. The Kier molecular flexibility index (Phi) is 6.04. The van der Waals surface area contributed by atoms with Gasteiger partial charge in [-0.05, 0) is 56.4 Å². The van der Waals surface area contributed by atoms with Crippen LogP contribution >= 0.6 is 11.3 Å². The Labute approximate surface area is 173 Å². The molecule has 0 aromatic carbocycles. The molecule has 2 N–H and O–H groups in total. The van der Waals surface area contributed by atoms with E-state index in [2.05, 4.69) is 42.9 Å². The summed E-state index contributed by atoms with van der Waals surface area (Å²) in [5.41, 5.74) is 1.67. The first-order valence-corrected chi connectivity index (χ1v) is 10.6. The van der Waals surface area contributed by atoms with Gasteiger partial charge in [-0.3, -0.25) is 9.78 Å². The maximum atomic E-state index is 12.1. The SMILES string of the molecule is CCNc1nnc(C2CC(Cc3ccc(NC(=O)Cc4ccccn4)nn3)C2)s1. The number of rotatable bonds is 8. The summed E-state index contributed by atoms with van der Waals surface area (Å²) >= 11 is 1.65. The van der Waals surface area contributed by atoms with E-state index in [1.165, 1.54) is 0 Å². The predicted molar refractivity (Wildman–Crippen MR) is 112 cm³/mol. The van der Waals surface area contributed by atoms with Crippen LogP contribution in [-0.2, 0) is 17.6 Å². The van der Waals surface area contributed by atoms with Crippen LogP contribution in [0.25, 0.3) is 0 Å². The second kappa shape index (κ2) is 9.04. The quantitative estimate of drug-likeness (QED) is 0.589. The van der Waals surface area contributed by atoms with Crippen molar-refractivity contribution in [3.8, 4) is 0 Å². The van der Waals surface area contributed by atoms with Gasteiger partial charge in [-0.15, -0.1) is 15.3 Å². The van der Waals surface area contributed by atoms with Crippen molar-refractivity contribution in [2.75, 3.05) is 17.2 Å². The third kappa shape index (κ3) is 5.11. The summed E-state index contributed by atoms with van der Waals surface area (Å²) in [5.74, 6) is 1.40. The van der Waals surface area contributed by atoms with E-state index in [-0.39, 0.29) is 12.3 Å². The van der Waals surface area contributed by atoms with E-state index < -0.39 is 0 Å². The molecule has 1 fully saturated rings. The van der Waals surface area contributed by atoms with Gasteiger partial charge in [-0.1, -0.05) is 17.4 Å². The molecule has 4 rings (SSSR count). The number of hydrogen-bond donors (Lipinski definition) is 2. The Morgan fingerprint density at radius 3 is 2.72 bits per heavy atom. The maximum absolute atomic E-state index is 12.1. The molecular weight excluding hydrogens is 386 g/mol. The average molecular weight is 410 g/mol. The number of amides is 1. The van der Waals surface area contributed by atoms with Crippen molar-refractivity contribution >= 4 is 28.2 Å². The van der Waals surface area contributed by atoms with Gasteiger partial charge < -0.3 is 10.6 Å². The minimum atomic E-state index is -0.151. The molecule has 150 valence electrons. The Balaban J connectivity index is 1.23. The first-order valence-electron chi connectivity index (χ1n) is 9.79. The van der Waals surface area contributed by atoms with E-state index in [0.717, 1.165) is 47.3 Å².